The van der Waals surface area contributed by atoms with E-state index < -0.39 is 0 Å². The fourth-order valence-electron chi connectivity index (χ4n) is 3.55. The third-order valence-corrected chi connectivity index (χ3v) is 5.22. The van der Waals surface area contributed by atoms with Crippen molar-refractivity contribution >= 4 is 15.9 Å². The Kier molecular flexibility index (Phi) is 4.96. The monoisotopic (exact) mass is 354 g/mol. The molecule has 1 aromatic carbocycles. The maximum Gasteiger partial charge on any atom is 0.0939 e. The van der Waals surface area contributed by atoms with E-state index in [1.807, 2.05) is 6.07 Å². The lowest BCUT2D eigenvalue weighted by atomic mass is 9.79. The van der Waals surface area contributed by atoms with Crippen LogP contribution in [0.1, 0.15) is 24.8 Å². The van der Waals surface area contributed by atoms with Crippen molar-refractivity contribution in [1.82, 2.24) is 5.43 Å². The summed E-state index contributed by atoms with van der Waals surface area (Å²) in [6, 6.07) is 8.72. The van der Waals surface area contributed by atoms with Gasteiger partial charge in [-0.15, -0.1) is 0 Å². The molecule has 2 saturated heterocycles. The molecule has 21 heavy (non-hydrogen) atoms. The van der Waals surface area contributed by atoms with E-state index in [2.05, 4.69) is 39.6 Å². The van der Waals surface area contributed by atoms with Crippen molar-refractivity contribution in [1.29, 1.82) is 0 Å². The smallest absolute Gasteiger partial charge is 0.0939 e. The van der Waals surface area contributed by atoms with Crippen LogP contribution in [0.5, 0.6) is 0 Å². The zero-order valence-electron chi connectivity index (χ0n) is 12.2. The zero-order valence-corrected chi connectivity index (χ0v) is 13.8. The molecule has 2 aliphatic rings. The first-order valence-corrected chi connectivity index (χ1v) is 8.42. The molecule has 0 aliphatic carbocycles. The summed E-state index contributed by atoms with van der Waals surface area (Å²) in [7, 11) is 0. The second kappa shape index (κ2) is 6.75. The zero-order chi connectivity index (χ0) is 14.7. The molecule has 4 nitrogen and oxygen atoms in total. The first-order chi connectivity index (χ1) is 10.2. The number of halogens is 1. The Labute approximate surface area is 134 Å². The van der Waals surface area contributed by atoms with Crippen LogP contribution < -0.4 is 11.3 Å². The molecule has 0 radical (unpaired) electrons. The molecule has 116 valence electrons. The molecule has 0 bridgehead atoms. The Morgan fingerprint density at radius 2 is 2.33 bits per heavy atom. The minimum atomic E-state index is -0.0602. The van der Waals surface area contributed by atoms with E-state index in [9.17, 15) is 0 Å². The van der Waals surface area contributed by atoms with Gasteiger partial charge >= 0.3 is 0 Å². The third kappa shape index (κ3) is 3.66. The number of nitrogens with one attached hydrogen (secondary N) is 1. The van der Waals surface area contributed by atoms with E-state index >= 15 is 0 Å². The number of hydrogen-bond donors (Lipinski definition) is 2. The van der Waals surface area contributed by atoms with Crippen LogP contribution in [0.25, 0.3) is 0 Å². The molecule has 2 heterocycles. The SMILES string of the molecule is NNC(Cc1cccc(Br)c1)C1CCOC2(CCOC2)C1. The topological polar surface area (TPSA) is 56.5 Å². The van der Waals surface area contributed by atoms with Crippen LogP contribution in [0, 0.1) is 5.92 Å². The summed E-state index contributed by atoms with van der Waals surface area (Å²) in [5.74, 6) is 6.37. The number of benzene rings is 1. The maximum absolute atomic E-state index is 6.02. The molecule has 3 N–H and O–H groups in total. The van der Waals surface area contributed by atoms with Gasteiger partial charge in [-0.25, -0.2) is 0 Å². The highest BCUT2D eigenvalue weighted by molar-refractivity contribution is 9.10. The lowest BCUT2D eigenvalue weighted by molar-refractivity contribution is -0.103. The molecule has 3 atom stereocenters. The average molecular weight is 355 g/mol. The van der Waals surface area contributed by atoms with Crippen LogP contribution >= 0.6 is 15.9 Å². The number of hydrogen-bond acceptors (Lipinski definition) is 4. The number of hydrazine groups is 1. The van der Waals surface area contributed by atoms with Gasteiger partial charge in [0.25, 0.3) is 0 Å². The summed E-state index contributed by atoms with van der Waals surface area (Å²) in [5, 5.41) is 0. The van der Waals surface area contributed by atoms with Gasteiger partial charge in [0.2, 0.25) is 0 Å². The predicted molar refractivity (Wildman–Crippen MR) is 85.8 cm³/mol. The van der Waals surface area contributed by atoms with Gasteiger partial charge in [-0.2, -0.15) is 0 Å². The number of ether oxygens (including phenoxy) is 2. The van der Waals surface area contributed by atoms with Crippen molar-refractivity contribution in [2.24, 2.45) is 11.8 Å². The van der Waals surface area contributed by atoms with Gasteiger partial charge in [-0.1, -0.05) is 28.1 Å². The highest BCUT2D eigenvalue weighted by atomic mass is 79.9. The van der Waals surface area contributed by atoms with Gasteiger partial charge in [-0.05, 0) is 42.9 Å². The number of nitrogens with two attached hydrogens (primary N) is 1. The van der Waals surface area contributed by atoms with E-state index in [0.29, 0.717) is 5.92 Å². The largest absolute Gasteiger partial charge is 0.378 e. The summed E-state index contributed by atoms with van der Waals surface area (Å²) in [4.78, 5) is 0. The van der Waals surface area contributed by atoms with Gasteiger partial charge in [0.15, 0.2) is 0 Å². The van der Waals surface area contributed by atoms with Crippen LogP contribution in [0.2, 0.25) is 0 Å². The minimum Gasteiger partial charge on any atom is -0.378 e. The summed E-state index contributed by atoms with van der Waals surface area (Å²) in [6.07, 6.45) is 4.05. The molecular formula is C16H23BrN2O2. The minimum absolute atomic E-state index is 0.0602. The third-order valence-electron chi connectivity index (χ3n) is 4.73. The Bertz CT molecular complexity index is 477. The van der Waals surface area contributed by atoms with Crippen LogP contribution in [0.15, 0.2) is 28.7 Å². The molecule has 2 aliphatic heterocycles. The molecule has 0 aromatic heterocycles. The van der Waals surface area contributed by atoms with E-state index in [0.717, 1.165) is 50.0 Å². The summed E-state index contributed by atoms with van der Waals surface area (Å²) in [6.45, 7) is 2.36. The summed E-state index contributed by atoms with van der Waals surface area (Å²) < 4.78 is 12.7. The molecule has 3 unspecified atom stereocenters. The van der Waals surface area contributed by atoms with E-state index in [4.69, 9.17) is 15.3 Å². The molecule has 1 aromatic rings. The molecule has 1 spiro atoms. The van der Waals surface area contributed by atoms with E-state index in [1.54, 1.807) is 0 Å². The predicted octanol–water partition coefficient (Wildman–Crippen LogP) is 2.41. The van der Waals surface area contributed by atoms with Crippen molar-refractivity contribution in [2.45, 2.75) is 37.3 Å². The second-order valence-corrected chi connectivity index (χ2v) is 7.11. The molecule has 0 saturated carbocycles. The van der Waals surface area contributed by atoms with E-state index in [1.165, 1.54) is 5.56 Å². The quantitative estimate of drug-likeness (QED) is 0.643. The first kappa shape index (κ1) is 15.4. The Balaban J connectivity index is 1.67. The summed E-state index contributed by atoms with van der Waals surface area (Å²) in [5.41, 5.74) is 4.28. The number of rotatable bonds is 4. The van der Waals surface area contributed by atoms with Crippen molar-refractivity contribution in [3.63, 3.8) is 0 Å². The van der Waals surface area contributed by atoms with Gasteiger partial charge < -0.3 is 9.47 Å². The molecule has 3 rings (SSSR count). The Morgan fingerprint density at radius 1 is 1.43 bits per heavy atom. The van der Waals surface area contributed by atoms with Crippen LogP contribution in [0.3, 0.4) is 0 Å². The highest BCUT2D eigenvalue weighted by Gasteiger charge is 2.42. The second-order valence-electron chi connectivity index (χ2n) is 6.19. The molecule has 5 heteroatoms. The van der Waals surface area contributed by atoms with Crippen molar-refractivity contribution in [3.8, 4) is 0 Å². The van der Waals surface area contributed by atoms with E-state index in [-0.39, 0.29) is 11.6 Å². The van der Waals surface area contributed by atoms with Crippen LogP contribution in [-0.2, 0) is 15.9 Å². The Hall–Kier alpha value is -0.460. The summed E-state index contributed by atoms with van der Waals surface area (Å²) >= 11 is 3.53. The van der Waals surface area contributed by atoms with Gasteiger partial charge in [0, 0.05) is 30.1 Å². The maximum atomic E-state index is 6.02. The van der Waals surface area contributed by atoms with Crippen molar-refractivity contribution in [3.05, 3.63) is 34.3 Å². The standard InChI is InChI=1S/C16H23BrN2O2/c17-14-3-1-2-12(8-14)9-15(19-18)13-4-6-21-16(10-13)5-7-20-11-16/h1-3,8,13,15,19H,4-7,9-11,18H2. The van der Waals surface area contributed by atoms with Gasteiger partial charge in [0.05, 0.1) is 12.2 Å². The molecular weight excluding hydrogens is 332 g/mol. The van der Waals surface area contributed by atoms with Crippen molar-refractivity contribution in [2.75, 3.05) is 19.8 Å². The van der Waals surface area contributed by atoms with Crippen LogP contribution in [0.4, 0.5) is 0 Å². The molecule has 0 amide bonds. The average Bonchev–Trinajstić information content (AvgIpc) is 2.92. The van der Waals surface area contributed by atoms with Crippen molar-refractivity contribution < 1.29 is 9.47 Å². The Morgan fingerprint density at radius 3 is 3.05 bits per heavy atom. The van der Waals surface area contributed by atoms with Crippen LogP contribution in [-0.4, -0.2) is 31.5 Å². The lowest BCUT2D eigenvalue weighted by Gasteiger charge is -2.40. The normalized spacial score (nSPS) is 30.7. The molecule has 2 fully saturated rings. The fraction of sp³-hybridized carbons (Fsp3) is 0.625. The lowest BCUT2D eigenvalue weighted by Crippen LogP contribution is -2.50. The van der Waals surface area contributed by atoms with Gasteiger partial charge in [-0.3, -0.25) is 11.3 Å². The highest BCUT2D eigenvalue weighted by Crippen LogP contribution is 2.37. The first-order valence-electron chi connectivity index (χ1n) is 7.63. The fourth-order valence-corrected chi connectivity index (χ4v) is 4.00. The van der Waals surface area contributed by atoms with Gasteiger partial charge in [0.1, 0.15) is 0 Å².